The second kappa shape index (κ2) is 9.51. The molecule has 0 saturated carbocycles. The van der Waals surface area contributed by atoms with Crippen molar-refractivity contribution < 1.29 is 13.2 Å². The number of aromatic nitrogens is 5. The van der Waals surface area contributed by atoms with Gasteiger partial charge in [0, 0.05) is 38.3 Å². The molecule has 1 aliphatic rings. The maximum absolute atomic E-state index is 13.5. The van der Waals surface area contributed by atoms with E-state index in [2.05, 4.69) is 20.1 Å². The van der Waals surface area contributed by atoms with Crippen molar-refractivity contribution in [3.8, 4) is 17.0 Å². The minimum Gasteiger partial charge on any atom is -0.493 e. The number of H-pyrrole nitrogens is 1. The fourth-order valence-electron chi connectivity index (χ4n) is 4.59. The Morgan fingerprint density at radius 3 is 2.61 bits per heavy atom. The molecule has 11 nitrogen and oxygen atoms in total. The lowest BCUT2D eigenvalue weighted by Crippen LogP contribution is -2.47. The highest BCUT2D eigenvalue weighted by Gasteiger charge is 2.29. The van der Waals surface area contributed by atoms with E-state index >= 15 is 0 Å². The number of nitrogens with zero attached hydrogens (tertiary/aromatic N) is 6. The Labute approximate surface area is 213 Å². The van der Waals surface area contributed by atoms with Gasteiger partial charge in [-0.1, -0.05) is 18.5 Å². The third-order valence-corrected chi connectivity index (χ3v) is 8.72. The summed E-state index contributed by atoms with van der Waals surface area (Å²) in [7, 11) is -1.75. The minimum atomic E-state index is -3.73. The summed E-state index contributed by atoms with van der Waals surface area (Å²) in [6.07, 6.45) is 2.08. The highest BCUT2D eigenvalue weighted by molar-refractivity contribution is 7.89. The van der Waals surface area contributed by atoms with Gasteiger partial charge in [-0.3, -0.25) is 4.57 Å². The Morgan fingerprint density at radius 2 is 1.92 bits per heavy atom. The fraction of sp³-hybridized carbons (Fsp3) is 0.435. The minimum absolute atomic E-state index is 0.152. The predicted octanol–water partition coefficient (Wildman–Crippen LogP) is 2.44. The number of ether oxygens (including phenoxy) is 1. The molecule has 1 aromatic carbocycles. The number of piperazine rings is 1. The molecule has 5 rings (SSSR count). The molecule has 4 aromatic rings. The summed E-state index contributed by atoms with van der Waals surface area (Å²) in [6.45, 7) is 6.81. The summed E-state index contributed by atoms with van der Waals surface area (Å²) in [6, 6.07) is 4.79. The Bertz CT molecular complexity index is 1600. The second-order valence-corrected chi connectivity index (χ2v) is 11.1. The zero-order valence-electron chi connectivity index (χ0n) is 20.4. The zero-order valence-corrected chi connectivity index (χ0v) is 21.9. The molecule has 192 valence electrons. The number of fused-ring (bicyclic) bond motifs is 3. The van der Waals surface area contributed by atoms with Crippen LogP contribution in [-0.4, -0.2) is 81.6 Å². The number of aromatic amines is 1. The largest absolute Gasteiger partial charge is 0.493 e. The van der Waals surface area contributed by atoms with E-state index in [0.717, 1.165) is 0 Å². The van der Waals surface area contributed by atoms with Crippen LogP contribution in [0.3, 0.4) is 0 Å². The van der Waals surface area contributed by atoms with Gasteiger partial charge >= 0.3 is 5.69 Å². The van der Waals surface area contributed by atoms with Crippen LogP contribution in [0.25, 0.3) is 27.9 Å². The lowest BCUT2D eigenvalue weighted by molar-refractivity contribution is 0.222. The number of hydrogen-bond donors (Lipinski definition) is 1. The van der Waals surface area contributed by atoms with Gasteiger partial charge in [-0.2, -0.15) is 4.31 Å². The van der Waals surface area contributed by atoms with Crippen LogP contribution in [0.15, 0.2) is 34.2 Å². The number of aryl methyl sites for hydroxylation is 1. The maximum Gasteiger partial charge on any atom is 0.335 e. The van der Waals surface area contributed by atoms with Gasteiger partial charge in [0.15, 0.2) is 5.65 Å². The van der Waals surface area contributed by atoms with Crippen LogP contribution in [0.4, 0.5) is 0 Å². The molecular weight excluding hydrogens is 506 g/mol. The molecule has 36 heavy (non-hydrogen) atoms. The Kier molecular flexibility index (Phi) is 6.54. The first-order valence-electron chi connectivity index (χ1n) is 11.9. The highest BCUT2D eigenvalue weighted by Crippen LogP contribution is 2.40. The SMILES string of the molecule is CCCn1c(=O)n2cnnc2c2[nH]c(-c3cc(S(=O)(=O)N4CCN(C)CC4)ccc3OCC)c(Cl)c21. The quantitative estimate of drug-likeness (QED) is 0.387. The average Bonchev–Trinajstić information content (AvgIpc) is 3.48. The number of halogens is 1. The normalized spacial score (nSPS) is 15.8. The lowest BCUT2D eigenvalue weighted by Gasteiger charge is -2.31. The van der Waals surface area contributed by atoms with E-state index in [1.807, 2.05) is 20.9 Å². The maximum atomic E-state index is 13.5. The summed E-state index contributed by atoms with van der Waals surface area (Å²) in [5.41, 5.74) is 2.01. The van der Waals surface area contributed by atoms with Crippen molar-refractivity contribution in [1.29, 1.82) is 0 Å². The topological polar surface area (TPSA) is 118 Å². The number of likely N-dealkylation sites (N-methyl/N-ethyl adjacent to an activating group) is 1. The van der Waals surface area contributed by atoms with Crippen molar-refractivity contribution >= 4 is 38.3 Å². The smallest absolute Gasteiger partial charge is 0.335 e. The van der Waals surface area contributed by atoms with Crippen molar-refractivity contribution in [3.63, 3.8) is 0 Å². The van der Waals surface area contributed by atoms with Gasteiger partial charge in [-0.15, -0.1) is 10.2 Å². The van der Waals surface area contributed by atoms with E-state index in [4.69, 9.17) is 16.3 Å². The summed E-state index contributed by atoms with van der Waals surface area (Å²) in [5, 5.41) is 8.30. The number of rotatable bonds is 7. The van der Waals surface area contributed by atoms with Gasteiger partial charge in [0.05, 0.1) is 27.7 Å². The summed E-state index contributed by atoms with van der Waals surface area (Å²) >= 11 is 6.91. The van der Waals surface area contributed by atoms with E-state index in [1.54, 1.807) is 22.8 Å². The lowest BCUT2D eigenvalue weighted by atomic mass is 10.1. The number of hydrogen-bond acceptors (Lipinski definition) is 7. The predicted molar refractivity (Wildman–Crippen MR) is 137 cm³/mol. The molecule has 0 atom stereocenters. The van der Waals surface area contributed by atoms with E-state index < -0.39 is 10.0 Å². The standard InChI is InChI=1S/C23H28ClN7O4S/c1-4-8-30-21-18(24)19(26-20(21)22-27-25-14-31(22)23(30)32)16-13-15(6-7-17(16)35-5-2)36(33,34)29-11-9-28(3)10-12-29/h6-7,13-14,26H,4-5,8-12H2,1-3H3. The molecule has 13 heteroatoms. The molecule has 4 heterocycles. The molecule has 1 fully saturated rings. The van der Waals surface area contributed by atoms with E-state index in [1.165, 1.54) is 15.0 Å². The average molecular weight is 534 g/mol. The van der Waals surface area contributed by atoms with Crippen molar-refractivity contribution in [2.45, 2.75) is 31.7 Å². The summed E-state index contributed by atoms with van der Waals surface area (Å²) < 4.78 is 37.3. The number of benzene rings is 1. The summed E-state index contributed by atoms with van der Waals surface area (Å²) in [4.78, 5) is 18.6. The zero-order chi connectivity index (χ0) is 25.6. The third-order valence-electron chi connectivity index (χ3n) is 6.46. The van der Waals surface area contributed by atoms with Crippen molar-refractivity contribution in [3.05, 3.63) is 40.0 Å². The molecule has 3 aromatic heterocycles. The van der Waals surface area contributed by atoms with Crippen LogP contribution >= 0.6 is 11.6 Å². The molecule has 1 saturated heterocycles. The first-order valence-corrected chi connectivity index (χ1v) is 13.7. The van der Waals surface area contributed by atoms with E-state index in [-0.39, 0.29) is 15.6 Å². The molecule has 1 N–H and O–H groups in total. The molecule has 1 aliphatic heterocycles. The van der Waals surface area contributed by atoms with Crippen LogP contribution in [0.5, 0.6) is 5.75 Å². The van der Waals surface area contributed by atoms with Gasteiger partial charge < -0.3 is 14.6 Å². The van der Waals surface area contributed by atoms with Crippen molar-refractivity contribution in [2.24, 2.45) is 0 Å². The monoisotopic (exact) mass is 533 g/mol. The summed E-state index contributed by atoms with van der Waals surface area (Å²) in [5.74, 6) is 0.477. The molecule has 0 amide bonds. The second-order valence-electron chi connectivity index (χ2n) is 8.79. The van der Waals surface area contributed by atoms with Crippen LogP contribution in [-0.2, 0) is 16.6 Å². The molecule has 0 bridgehead atoms. The van der Waals surface area contributed by atoms with Crippen LogP contribution in [0, 0.1) is 0 Å². The van der Waals surface area contributed by atoms with Gasteiger partial charge in [0.25, 0.3) is 0 Å². The molecule has 0 radical (unpaired) electrons. The molecule has 0 unspecified atom stereocenters. The fourth-order valence-corrected chi connectivity index (χ4v) is 6.39. The van der Waals surface area contributed by atoms with Gasteiger partial charge in [0.2, 0.25) is 10.0 Å². The first-order chi connectivity index (χ1) is 17.3. The van der Waals surface area contributed by atoms with Gasteiger partial charge in [-0.05, 0) is 38.6 Å². The number of nitrogens with one attached hydrogen (secondary N) is 1. The Balaban J connectivity index is 1.73. The molecule has 0 spiro atoms. The Morgan fingerprint density at radius 1 is 1.17 bits per heavy atom. The first kappa shape index (κ1) is 24.8. The van der Waals surface area contributed by atoms with E-state index in [9.17, 15) is 13.2 Å². The van der Waals surface area contributed by atoms with Gasteiger partial charge in [-0.25, -0.2) is 17.6 Å². The van der Waals surface area contributed by atoms with Crippen molar-refractivity contribution in [2.75, 3.05) is 39.8 Å². The number of sulfonamides is 1. The van der Waals surface area contributed by atoms with Crippen molar-refractivity contribution in [1.82, 2.24) is 33.4 Å². The molecular formula is C23H28ClN7O4S. The van der Waals surface area contributed by atoms with Crippen LogP contribution < -0.4 is 10.4 Å². The van der Waals surface area contributed by atoms with Gasteiger partial charge in [0.1, 0.15) is 17.6 Å². The molecule has 0 aliphatic carbocycles. The Hall–Kier alpha value is -2.93. The van der Waals surface area contributed by atoms with E-state index in [0.29, 0.717) is 79.4 Å². The van der Waals surface area contributed by atoms with Crippen LogP contribution in [0.2, 0.25) is 5.02 Å². The van der Waals surface area contributed by atoms with Crippen LogP contribution in [0.1, 0.15) is 20.3 Å². The third kappa shape index (κ3) is 3.97. The highest BCUT2D eigenvalue weighted by atomic mass is 35.5.